The average molecular weight is 377 g/mol. The van der Waals surface area contributed by atoms with Crippen LogP contribution in [-0.4, -0.2) is 50.0 Å². The van der Waals surface area contributed by atoms with Gasteiger partial charge in [-0.3, -0.25) is 4.79 Å². The van der Waals surface area contributed by atoms with E-state index < -0.39 is 0 Å². The van der Waals surface area contributed by atoms with E-state index in [9.17, 15) is 4.79 Å². The Morgan fingerprint density at radius 1 is 1.27 bits per heavy atom. The number of nitrogens with zero attached hydrogens (tertiary/aromatic N) is 2. The summed E-state index contributed by atoms with van der Waals surface area (Å²) >= 11 is 6.42. The molecule has 1 aromatic carbocycles. The van der Waals surface area contributed by atoms with E-state index in [2.05, 4.69) is 21.7 Å². The Balaban J connectivity index is 1.66. The summed E-state index contributed by atoms with van der Waals surface area (Å²) < 4.78 is 0. The number of nitrogens with one attached hydrogen (secondary N) is 2. The molecule has 2 saturated carbocycles. The van der Waals surface area contributed by atoms with E-state index in [1.807, 2.05) is 18.2 Å². The summed E-state index contributed by atoms with van der Waals surface area (Å²) in [5.41, 5.74) is 1.29. The first-order chi connectivity index (χ1) is 12.5. The lowest BCUT2D eigenvalue weighted by atomic mass is 9.96. The minimum Gasteiger partial charge on any atom is -0.355 e. The maximum atomic E-state index is 11.9. The molecule has 6 heteroatoms. The fourth-order valence-corrected chi connectivity index (χ4v) is 3.88. The van der Waals surface area contributed by atoms with Crippen LogP contribution in [0, 0.1) is 0 Å². The lowest BCUT2D eigenvalue weighted by molar-refractivity contribution is -0.127. The van der Waals surface area contributed by atoms with E-state index >= 15 is 0 Å². The third kappa shape index (κ3) is 4.70. The molecule has 0 atom stereocenters. The van der Waals surface area contributed by atoms with E-state index in [0.717, 1.165) is 43.2 Å². The van der Waals surface area contributed by atoms with Crippen molar-refractivity contribution < 1.29 is 4.79 Å². The molecule has 1 amide bonds. The van der Waals surface area contributed by atoms with Crippen LogP contribution >= 0.6 is 11.6 Å². The molecular weight excluding hydrogens is 348 g/mol. The predicted molar refractivity (Wildman–Crippen MR) is 107 cm³/mol. The fraction of sp³-hybridized carbons (Fsp3) is 0.600. The van der Waals surface area contributed by atoms with Crippen molar-refractivity contribution in [2.45, 2.75) is 50.0 Å². The van der Waals surface area contributed by atoms with Gasteiger partial charge in [0.1, 0.15) is 6.54 Å². The average Bonchev–Trinajstić information content (AvgIpc) is 3.23. The number of hydrogen-bond donors (Lipinski definition) is 2. The van der Waals surface area contributed by atoms with Gasteiger partial charge < -0.3 is 15.5 Å². The molecule has 0 heterocycles. The van der Waals surface area contributed by atoms with E-state index in [-0.39, 0.29) is 17.9 Å². The molecule has 0 bridgehead atoms. The fourth-order valence-electron chi connectivity index (χ4n) is 3.54. The molecule has 2 fully saturated rings. The highest BCUT2D eigenvalue weighted by Crippen LogP contribution is 2.49. The number of guanidine groups is 1. The molecule has 0 radical (unpaired) electrons. The molecule has 5 nitrogen and oxygen atoms in total. The third-order valence-electron chi connectivity index (χ3n) is 5.46. The first kappa shape index (κ1) is 19.0. The second-order valence-corrected chi connectivity index (χ2v) is 8.10. The Labute approximate surface area is 161 Å². The molecule has 0 saturated heterocycles. The molecule has 2 N–H and O–H groups in total. The lowest BCUT2D eigenvalue weighted by Gasteiger charge is -2.22. The standard InChI is InChI=1S/C20H29ClN4O/c1-25(2)18(26)13-22-19(24-15-7-3-4-8-15)23-14-20(11-12-20)16-9-5-6-10-17(16)21/h5-6,9-10,15H,3-4,7-8,11-14H2,1-2H3,(H2,22,23,24). The van der Waals surface area contributed by atoms with E-state index in [4.69, 9.17) is 11.6 Å². The summed E-state index contributed by atoms with van der Waals surface area (Å²) in [5.74, 6) is 0.746. The summed E-state index contributed by atoms with van der Waals surface area (Å²) in [6.07, 6.45) is 7.08. The van der Waals surface area contributed by atoms with Gasteiger partial charge in [-0.25, -0.2) is 4.99 Å². The Morgan fingerprint density at radius 3 is 2.58 bits per heavy atom. The second kappa shape index (κ2) is 8.30. The van der Waals surface area contributed by atoms with Crippen molar-refractivity contribution in [3.05, 3.63) is 34.9 Å². The number of likely N-dealkylation sites (N-methyl/N-ethyl adjacent to an activating group) is 1. The number of hydrogen-bond acceptors (Lipinski definition) is 2. The first-order valence-corrected chi connectivity index (χ1v) is 9.88. The summed E-state index contributed by atoms with van der Waals surface area (Å²) in [4.78, 5) is 18.0. The molecular formula is C20H29ClN4O. The molecule has 0 unspecified atom stereocenters. The molecule has 2 aliphatic rings. The Morgan fingerprint density at radius 2 is 1.96 bits per heavy atom. The largest absolute Gasteiger partial charge is 0.355 e. The number of aliphatic imine (C=N–C) groups is 1. The van der Waals surface area contributed by atoms with Crippen LogP contribution in [0.25, 0.3) is 0 Å². The van der Waals surface area contributed by atoms with E-state index in [0.29, 0.717) is 6.04 Å². The number of benzene rings is 1. The highest BCUT2D eigenvalue weighted by atomic mass is 35.5. The SMILES string of the molecule is CN(C)C(=O)CN=C(NCC1(c2ccccc2Cl)CC1)NC1CCCC1. The normalized spacial score (nSPS) is 19.3. The zero-order valence-corrected chi connectivity index (χ0v) is 16.5. The predicted octanol–water partition coefficient (Wildman–Crippen LogP) is 2.94. The quantitative estimate of drug-likeness (QED) is 0.592. The summed E-state index contributed by atoms with van der Waals surface area (Å²) in [6.45, 7) is 0.944. The van der Waals surface area contributed by atoms with Crippen LogP contribution in [0.4, 0.5) is 0 Å². The number of halogens is 1. The van der Waals surface area contributed by atoms with Gasteiger partial charge in [-0.1, -0.05) is 42.6 Å². The summed E-state index contributed by atoms with van der Waals surface area (Å²) in [6, 6.07) is 8.54. The minimum atomic E-state index is 0.00441. The molecule has 26 heavy (non-hydrogen) atoms. The maximum absolute atomic E-state index is 11.9. The summed E-state index contributed by atoms with van der Waals surface area (Å²) in [5, 5.41) is 7.82. The monoisotopic (exact) mass is 376 g/mol. The molecule has 0 spiro atoms. The highest BCUT2D eigenvalue weighted by molar-refractivity contribution is 6.31. The van der Waals surface area contributed by atoms with Crippen LogP contribution in [-0.2, 0) is 10.2 Å². The number of carbonyl (C=O) groups excluding carboxylic acids is 1. The van der Waals surface area contributed by atoms with Gasteiger partial charge in [0.25, 0.3) is 0 Å². The number of carbonyl (C=O) groups is 1. The van der Waals surface area contributed by atoms with Crippen LogP contribution in [0.1, 0.15) is 44.1 Å². The van der Waals surface area contributed by atoms with Crippen molar-refractivity contribution in [2.24, 2.45) is 4.99 Å². The van der Waals surface area contributed by atoms with Crippen LogP contribution in [0.15, 0.2) is 29.3 Å². The van der Waals surface area contributed by atoms with Gasteiger partial charge in [-0.05, 0) is 37.3 Å². The molecule has 3 rings (SSSR count). The number of rotatable bonds is 6. The molecule has 1 aromatic rings. The molecule has 142 valence electrons. The van der Waals surface area contributed by atoms with Crippen LogP contribution in [0.5, 0.6) is 0 Å². The smallest absolute Gasteiger partial charge is 0.243 e. The molecule has 2 aliphatic carbocycles. The molecule has 0 aromatic heterocycles. The van der Waals surface area contributed by atoms with Crippen LogP contribution in [0.2, 0.25) is 5.02 Å². The Bertz CT molecular complexity index is 664. The Kier molecular flexibility index (Phi) is 6.07. The lowest BCUT2D eigenvalue weighted by Crippen LogP contribution is -2.45. The van der Waals surface area contributed by atoms with Crippen molar-refractivity contribution in [2.75, 3.05) is 27.2 Å². The van der Waals surface area contributed by atoms with Gasteiger partial charge in [0.2, 0.25) is 5.91 Å². The zero-order valence-electron chi connectivity index (χ0n) is 15.7. The van der Waals surface area contributed by atoms with Gasteiger partial charge in [-0.2, -0.15) is 0 Å². The van der Waals surface area contributed by atoms with Crippen LogP contribution in [0.3, 0.4) is 0 Å². The maximum Gasteiger partial charge on any atom is 0.243 e. The molecule has 0 aliphatic heterocycles. The van der Waals surface area contributed by atoms with Gasteiger partial charge in [-0.15, -0.1) is 0 Å². The highest BCUT2D eigenvalue weighted by Gasteiger charge is 2.45. The van der Waals surface area contributed by atoms with Crippen molar-refractivity contribution in [3.8, 4) is 0 Å². The third-order valence-corrected chi connectivity index (χ3v) is 5.79. The number of amides is 1. The van der Waals surface area contributed by atoms with Gasteiger partial charge in [0.05, 0.1) is 0 Å². The van der Waals surface area contributed by atoms with Gasteiger partial charge in [0, 0.05) is 37.1 Å². The van der Waals surface area contributed by atoms with Crippen molar-refractivity contribution in [1.82, 2.24) is 15.5 Å². The topological polar surface area (TPSA) is 56.7 Å². The summed E-state index contributed by atoms with van der Waals surface area (Å²) in [7, 11) is 3.51. The van der Waals surface area contributed by atoms with Crippen molar-refractivity contribution in [3.63, 3.8) is 0 Å². The van der Waals surface area contributed by atoms with Gasteiger partial charge >= 0.3 is 0 Å². The van der Waals surface area contributed by atoms with E-state index in [1.54, 1.807) is 19.0 Å². The van der Waals surface area contributed by atoms with Gasteiger partial charge in [0.15, 0.2) is 5.96 Å². The van der Waals surface area contributed by atoms with Crippen molar-refractivity contribution in [1.29, 1.82) is 0 Å². The Hall–Kier alpha value is -1.75. The first-order valence-electron chi connectivity index (χ1n) is 9.50. The second-order valence-electron chi connectivity index (χ2n) is 7.69. The van der Waals surface area contributed by atoms with Crippen LogP contribution < -0.4 is 10.6 Å². The van der Waals surface area contributed by atoms with Crippen molar-refractivity contribution >= 4 is 23.5 Å². The zero-order chi connectivity index (χ0) is 18.6. The van der Waals surface area contributed by atoms with E-state index in [1.165, 1.54) is 18.4 Å². The minimum absolute atomic E-state index is 0.00441.